The van der Waals surface area contributed by atoms with E-state index in [1.165, 1.54) is 18.5 Å². The molecule has 7 nitrogen and oxygen atoms in total. The summed E-state index contributed by atoms with van der Waals surface area (Å²) in [5, 5.41) is 15.6. The highest BCUT2D eigenvalue weighted by Crippen LogP contribution is 2.31. The summed E-state index contributed by atoms with van der Waals surface area (Å²) < 4.78 is 40.6. The SMILES string of the molecule is Cc1cccc(Nc2ncc(-c3cccc(C=CC(=O)O)c3)c(-n3ccc(C(F)(F)F)n3)n2)c1. The third kappa shape index (κ3) is 5.29. The lowest BCUT2D eigenvalue weighted by atomic mass is 10.0. The van der Waals surface area contributed by atoms with E-state index in [2.05, 4.69) is 20.4 Å². The Bertz CT molecular complexity index is 1380. The topological polar surface area (TPSA) is 92.9 Å². The number of carbonyl (C=O) groups is 1. The molecule has 0 unspecified atom stereocenters. The summed E-state index contributed by atoms with van der Waals surface area (Å²) in [7, 11) is 0. The van der Waals surface area contributed by atoms with Gasteiger partial charge in [-0.2, -0.15) is 23.3 Å². The van der Waals surface area contributed by atoms with E-state index < -0.39 is 17.8 Å². The summed E-state index contributed by atoms with van der Waals surface area (Å²) in [5.41, 5.74) is 2.25. The minimum atomic E-state index is -4.61. The molecule has 0 aliphatic heterocycles. The highest BCUT2D eigenvalue weighted by Gasteiger charge is 2.34. The molecule has 34 heavy (non-hydrogen) atoms. The molecule has 2 aromatic heterocycles. The van der Waals surface area contributed by atoms with E-state index in [0.717, 1.165) is 28.1 Å². The number of hydrogen-bond donors (Lipinski definition) is 2. The van der Waals surface area contributed by atoms with Crippen LogP contribution in [-0.4, -0.2) is 30.8 Å². The number of aliphatic carboxylic acids is 1. The summed E-state index contributed by atoms with van der Waals surface area (Å²) in [5.74, 6) is -0.799. The van der Waals surface area contributed by atoms with Crippen LogP contribution in [0.1, 0.15) is 16.8 Å². The molecule has 0 amide bonds. The fourth-order valence-electron chi connectivity index (χ4n) is 3.23. The zero-order valence-electron chi connectivity index (χ0n) is 17.8. The molecule has 0 saturated carbocycles. The van der Waals surface area contributed by atoms with Crippen molar-refractivity contribution in [2.75, 3.05) is 5.32 Å². The van der Waals surface area contributed by atoms with Crippen molar-refractivity contribution in [1.29, 1.82) is 0 Å². The number of carboxylic acid groups (broad SMARTS) is 1. The van der Waals surface area contributed by atoms with Gasteiger partial charge < -0.3 is 10.4 Å². The zero-order valence-corrected chi connectivity index (χ0v) is 17.8. The number of aryl methyl sites for hydroxylation is 1. The zero-order chi connectivity index (χ0) is 24.3. The van der Waals surface area contributed by atoms with Crippen LogP contribution in [0, 0.1) is 6.92 Å². The summed E-state index contributed by atoms with van der Waals surface area (Å²) in [4.78, 5) is 19.6. The van der Waals surface area contributed by atoms with Gasteiger partial charge in [0, 0.05) is 29.7 Å². The number of carboxylic acids is 1. The van der Waals surface area contributed by atoms with E-state index in [0.29, 0.717) is 16.7 Å². The molecule has 0 aliphatic rings. The maximum absolute atomic E-state index is 13.2. The second-order valence-corrected chi connectivity index (χ2v) is 7.37. The van der Waals surface area contributed by atoms with E-state index in [1.807, 2.05) is 31.2 Å². The Morgan fingerprint density at radius 2 is 1.91 bits per heavy atom. The average molecular weight is 465 g/mol. The highest BCUT2D eigenvalue weighted by molar-refractivity contribution is 5.85. The molecule has 0 radical (unpaired) electrons. The molecule has 0 fully saturated rings. The largest absolute Gasteiger partial charge is 0.478 e. The lowest BCUT2D eigenvalue weighted by Crippen LogP contribution is -2.10. The van der Waals surface area contributed by atoms with Crippen LogP contribution in [0.3, 0.4) is 0 Å². The van der Waals surface area contributed by atoms with Crippen LogP contribution in [0.5, 0.6) is 0 Å². The van der Waals surface area contributed by atoms with Crippen molar-refractivity contribution in [3.05, 3.63) is 89.9 Å². The normalized spacial score (nSPS) is 11.6. The Balaban J connectivity index is 1.80. The first-order valence-electron chi connectivity index (χ1n) is 10.0. The van der Waals surface area contributed by atoms with Gasteiger partial charge in [-0.1, -0.05) is 30.3 Å². The second kappa shape index (κ2) is 9.18. The Kier molecular flexibility index (Phi) is 6.13. The fraction of sp³-hybridized carbons (Fsp3) is 0.0833. The Labute approximate surface area is 192 Å². The lowest BCUT2D eigenvalue weighted by Gasteiger charge is -2.12. The third-order valence-corrected chi connectivity index (χ3v) is 4.76. The second-order valence-electron chi connectivity index (χ2n) is 7.37. The Morgan fingerprint density at radius 3 is 2.62 bits per heavy atom. The molecule has 0 spiro atoms. The van der Waals surface area contributed by atoms with Crippen molar-refractivity contribution >= 4 is 23.7 Å². The van der Waals surface area contributed by atoms with Gasteiger partial charge in [0.15, 0.2) is 11.5 Å². The van der Waals surface area contributed by atoms with E-state index in [1.54, 1.807) is 24.3 Å². The molecule has 2 N–H and O–H groups in total. The van der Waals surface area contributed by atoms with Crippen LogP contribution in [0.15, 0.2) is 73.1 Å². The van der Waals surface area contributed by atoms with Gasteiger partial charge in [0.25, 0.3) is 0 Å². The van der Waals surface area contributed by atoms with Gasteiger partial charge in [-0.25, -0.2) is 14.5 Å². The van der Waals surface area contributed by atoms with Crippen LogP contribution in [0.4, 0.5) is 24.8 Å². The molecule has 4 aromatic rings. The number of halogens is 3. The molecule has 2 aromatic carbocycles. The van der Waals surface area contributed by atoms with Crippen molar-refractivity contribution in [2.24, 2.45) is 0 Å². The molecular formula is C24H18F3N5O2. The molecule has 10 heteroatoms. The van der Waals surface area contributed by atoms with E-state index in [9.17, 15) is 18.0 Å². The molecule has 0 atom stereocenters. The number of hydrogen-bond acceptors (Lipinski definition) is 5. The molecule has 4 rings (SSSR count). The quantitative estimate of drug-likeness (QED) is 0.366. The number of nitrogens with zero attached hydrogens (tertiary/aromatic N) is 4. The van der Waals surface area contributed by atoms with Gasteiger partial charge in [0.05, 0.1) is 0 Å². The van der Waals surface area contributed by atoms with Gasteiger partial charge >= 0.3 is 12.1 Å². The van der Waals surface area contributed by atoms with Crippen molar-refractivity contribution in [1.82, 2.24) is 19.7 Å². The minimum absolute atomic E-state index is 0.125. The fourth-order valence-corrected chi connectivity index (χ4v) is 3.23. The summed E-state index contributed by atoms with van der Waals surface area (Å²) >= 11 is 0. The van der Waals surface area contributed by atoms with E-state index >= 15 is 0 Å². The van der Waals surface area contributed by atoms with Crippen LogP contribution >= 0.6 is 0 Å². The van der Waals surface area contributed by atoms with Gasteiger partial charge in [0.1, 0.15) is 0 Å². The number of aromatic nitrogens is 4. The van der Waals surface area contributed by atoms with Crippen molar-refractivity contribution in [3.8, 4) is 16.9 Å². The van der Waals surface area contributed by atoms with Crippen molar-refractivity contribution < 1.29 is 23.1 Å². The predicted molar refractivity (Wildman–Crippen MR) is 121 cm³/mol. The molecule has 0 saturated heterocycles. The number of alkyl halides is 3. The Morgan fingerprint density at radius 1 is 1.12 bits per heavy atom. The summed E-state index contributed by atoms with van der Waals surface area (Å²) in [6, 6.07) is 15.2. The number of anilines is 2. The minimum Gasteiger partial charge on any atom is -0.478 e. The van der Waals surface area contributed by atoms with Crippen LogP contribution < -0.4 is 5.32 Å². The smallest absolute Gasteiger partial charge is 0.435 e. The third-order valence-electron chi connectivity index (χ3n) is 4.76. The molecule has 0 aliphatic carbocycles. The summed E-state index contributed by atoms with van der Waals surface area (Å²) in [6.07, 6.45) is 0.460. The first-order chi connectivity index (χ1) is 16.2. The van der Waals surface area contributed by atoms with Crippen LogP contribution in [0.25, 0.3) is 23.0 Å². The number of benzene rings is 2. The monoisotopic (exact) mass is 465 g/mol. The maximum atomic E-state index is 13.2. The predicted octanol–water partition coefficient (Wildman–Crippen LogP) is 5.50. The standard InChI is InChI=1S/C24H18F3N5O2/c1-15-4-2-7-18(12-15)29-23-28-14-19(17-6-3-5-16(13-17)8-9-21(33)34)22(30-23)32-11-10-20(31-32)24(25,26)27/h2-14H,1H3,(H,33,34)(H,28,29,30). The van der Waals surface area contributed by atoms with Gasteiger partial charge in [-0.3, -0.25) is 0 Å². The molecule has 172 valence electrons. The maximum Gasteiger partial charge on any atom is 0.435 e. The lowest BCUT2D eigenvalue weighted by molar-refractivity contribution is -0.141. The molecule has 0 bridgehead atoms. The van der Waals surface area contributed by atoms with E-state index in [4.69, 9.17) is 5.11 Å². The first kappa shape index (κ1) is 22.7. The van der Waals surface area contributed by atoms with Crippen molar-refractivity contribution in [2.45, 2.75) is 13.1 Å². The van der Waals surface area contributed by atoms with Gasteiger partial charge in [-0.05, 0) is 54.0 Å². The number of nitrogens with one attached hydrogen (secondary N) is 1. The Hall–Kier alpha value is -4.47. The number of rotatable bonds is 6. The van der Waals surface area contributed by atoms with E-state index in [-0.39, 0.29) is 11.8 Å². The highest BCUT2D eigenvalue weighted by atomic mass is 19.4. The van der Waals surface area contributed by atoms with Crippen LogP contribution in [-0.2, 0) is 11.0 Å². The van der Waals surface area contributed by atoms with Gasteiger partial charge in [-0.15, -0.1) is 0 Å². The van der Waals surface area contributed by atoms with Crippen molar-refractivity contribution in [3.63, 3.8) is 0 Å². The molecular weight excluding hydrogens is 447 g/mol. The van der Waals surface area contributed by atoms with Gasteiger partial charge in [0.2, 0.25) is 5.95 Å². The average Bonchev–Trinajstić information content (AvgIpc) is 3.29. The van der Waals surface area contributed by atoms with Crippen LogP contribution in [0.2, 0.25) is 0 Å². The first-order valence-corrected chi connectivity index (χ1v) is 10.0. The summed E-state index contributed by atoms with van der Waals surface area (Å²) in [6.45, 7) is 1.93. The molecule has 2 heterocycles.